The first kappa shape index (κ1) is 22.6. The number of unbranched alkanes of at least 4 members (excludes halogenated alkanes) is 1. The van der Waals surface area contributed by atoms with Gasteiger partial charge in [-0.25, -0.2) is 4.98 Å². The van der Waals surface area contributed by atoms with Crippen molar-refractivity contribution in [2.75, 3.05) is 52.4 Å². The van der Waals surface area contributed by atoms with Gasteiger partial charge in [-0.05, 0) is 46.5 Å². The highest BCUT2D eigenvalue weighted by atomic mass is 16.2. The average molecular weight is 418 g/mol. The van der Waals surface area contributed by atoms with E-state index in [1.165, 1.54) is 0 Å². The zero-order valence-corrected chi connectivity index (χ0v) is 19.0. The fraction of sp³-hybridized carbons (Fsp3) is 0.773. The molecule has 0 aliphatic carbocycles. The van der Waals surface area contributed by atoms with Crippen LogP contribution in [-0.2, 0) is 11.3 Å². The van der Waals surface area contributed by atoms with E-state index in [4.69, 9.17) is 4.99 Å². The lowest BCUT2D eigenvalue weighted by atomic mass is 10.2. The summed E-state index contributed by atoms with van der Waals surface area (Å²) in [5, 5.41) is 3.44. The molecule has 1 amide bonds. The van der Waals surface area contributed by atoms with Crippen LogP contribution in [0.25, 0.3) is 0 Å². The number of amides is 1. The molecule has 1 aromatic rings. The molecule has 1 atom stereocenters. The molecule has 0 bridgehead atoms. The van der Waals surface area contributed by atoms with E-state index in [1.54, 1.807) is 0 Å². The number of nitrogens with one attached hydrogen (secondary N) is 1. The molecule has 1 N–H and O–H groups in total. The van der Waals surface area contributed by atoms with E-state index in [2.05, 4.69) is 38.5 Å². The van der Waals surface area contributed by atoms with Crippen LogP contribution in [0.4, 0.5) is 0 Å². The Kier molecular flexibility index (Phi) is 8.54. The maximum Gasteiger partial charge on any atom is 0.239 e. The molecule has 2 saturated heterocycles. The van der Waals surface area contributed by atoms with Crippen LogP contribution in [0.5, 0.6) is 0 Å². The minimum absolute atomic E-state index is 0.0172. The second kappa shape index (κ2) is 11.3. The maximum absolute atomic E-state index is 12.7. The Labute approximate surface area is 181 Å². The monoisotopic (exact) mass is 417 g/mol. The molecule has 3 heterocycles. The molecular formula is C22H39N7O. The third-order valence-electron chi connectivity index (χ3n) is 6.26. The summed E-state index contributed by atoms with van der Waals surface area (Å²) >= 11 is 0. The van der Waals surface area contributed by atoms with E-state index < -0.39 is 0 Å². The first-order chi connectivity index (χ1) is 14.6. The fourth-order valence-corrected chi connectivity index (χ4v) is 4.32. The van der Waals surface area contributed by atoms with Crippen LogP contribution in [0, 0.1) is 6.92 Å². The van der Waals surface area contributed by atoms with Crippen LogP contribution in [0.2, 0.25) is 0 Å². The van der Waals surface area contributed by atoms with Crippen molar-refractivity contribution in [3.05, 3.63) is 18.2 Å². The third-order valence-corrected chi connectivity index (χ3v) is 6.26. The summed E-state index contributed by atoms with van der Waals surface area (Å²) in [6.07, 6.45) is 8.36. The van der Waals surface area contributed by atoms with Crippen LogP contribution >= 0.6 is 0 Å². The molecule has 1 aromatic heterocycles. The minimum Gasteiger partial charge on any atom is -0.357 e. The second-order valence-corrected chi connectivity index (χ2v) is 8.34. The van der Waals surface area contributed by atoms with E-state index in [1.807, 2.05) is 24.2 Å². The van der Waals surface area contributed by atoms with Gasteiger partial charge in [0.05, 0.1) is 6.04 Å². The SMILES string of the molecule is CCNC(=NCCCCn1ccnc1C)N1CCN(C(C)C(=O)N2CCCC2)CC1. The summed E-state index contributed by atoms with van der Waals surface area (Å²) < 4.78 is 2.19. The van der Waals surface area contributed by atoms with Gasteiger partial charge in [-0.15, -0.1) is 0 Å². The van der Waals surface area contributed by atoms with Gasteiger partial charge < -0.3 is 19.7 Å². The number of likely N-dealkylation sites (tertiary alicyclic amines) is 1. The molecule has 0 aromatic carbocycles. The largest absolute Gasteiger partial charge is 0.357 e. The molecule has 2 aliphatic rings. The number of guanidine groups is 1. The maximum atomic E-state index is 12.7. The highest BCUT2D eigenvalue weighted by Crippen LogP contribution is 2.14. The highest BCUT2D eigenvalue weighted by Gasteiger charge is 2.30. The minimum atomic E-state index is -0.0172. The standard InChI is InChI=1S/C22H39N7O/c1-4-23-22(25-9-5-6-11-27-14-10-24-20(27)3)29-17-15-26(16-18-29)19(2)21(30)28-12-7-8-13-28/h10,14,19H,4-9,11-13,15-18H2,1-3H3,(H,23,25). The van der Waals surface area contributed by atoms with E-state index in [0.717, 1.165) is 96.4 Å². The van der Waals surface area contributed by atoms with Gasteiger partial charge in [0.25, 0.3) is 0 Å². The zero-order valence-electron chi connectivity index (χ0n) is 19.0. The van der Waals surface area contributed by atoms with Crippen molar-refractivity contribution in [1.29, 1.82) is 0 Å². The molecule has 0 spiro atoms. The van der Waals surface area contributed by atoms with Crippen molar-refractivity contribution < 1.29 is 4.79 Å². The van der Waals surface area contributed by atoms with Gasteiger partial charge in [0.2, 0.25) is 5.91 Å². The van der Waals surface area contributed by atoms with Crippen LogP contribution in [-0.4, -0.2) is 94.5 Å². The van der Waals surface area contributed by atoms with Crippen molar-refractivity contribution in [3.8, 4) is 0 Å². The van der Waals surface area contributed by atoms with E-state index in [0.29, 0.717) is 5.91 Å². The predicted octanol–water partition coefficient (Wildman–Crippen LogP) is 1.57. The van der Waals surface area contributed by atoms with Gasteiger partial charge >= 0.3 is 0 Å². The van der Waals surface area contributed by atoms with Gasteiger partial charge in [0, 0.05) is 71.3 Å². The lowest BCUT2D eigenvalue weighted by Gasteiger charge is -2.39. The molecule has 1 unspecified atom stereocenters. The Morgan fingerprint density at radius 1 is 1.13 bits per heavy atom. The number of carbonyl (C=O) groups is 1. The zero-order chi connectivity index (χ0) is 21.3. The Morgan fingerprint density at radius 3 is 2.50 bits per heavy atom. The topological polar surface area (TPSA) is 69.0 Å². The Bertz CT molecular complexity index is 687. The average Bonchev–Trinajstić information content (AvgIpc) is 3.44. The van der Waals surface area contributed by atoms with Crippen molar-refractivity contribution >= 4 is 11.9 Å². The van der Waals surface area contributed by atoms with Crippen molar-refractivity contribution in [1.82, 2.24) is 29.6 Å². The number of aromatic nitrogens is 2. The van der Waals surface area contributed by atoms with Gasteiger partial charge in [0.15, 0.2) is 5.96 Å². The van der Waals surface area contributed by atoms with Gasteiger partial charge in [-0.1, -0.05) is 0 Å². The second-order valence-electron chi connectivity index (χ2n) is 8.34. The fourth-order valence-electron chi connectivity index (χ4n) is 4.32. The third kappa shape index (κ3) is 5.97. The molecular weight excluding hydrogens is 378 g/mol. The van der Waals surface area contributed by atoms with E-state index in [9.17, 15) is 4.79 Å². The van der Waals surface area contributed by atoms with Crippen molar-refractivity contribution in [3.63, 3.8) is 0 Å². The molecule has 0 radical (unpaired) electrons. The first-order valence-electron chi connectivity index (χ1n) is 11.6. The number of aliphatic imine (C=N–C) groups is 1. The number of piperazine rings is 1. The molecule has 8 nitrogen and oxygen atoms in total. The summed E-state index contributed by atoms with van der Waals surface area (Å²) in [4.78, 5) is 28.5. The predicted molar refractivity (Wildman–Crippen MR) is 121 cm³/mol. The van der Waals surface area contributed by atoms with Gasteiger partial charge in [0.1, 0.15) is 5.82 Å². The van der Waals surface area contributed by atoms with Crippen LogP contribution in [0.1, 0.15) is 45.4 Å². The van der Waals surface area contributed by atoms with Gasteiger partial charge in [-0.3, -0.25) is 14.7 Å². The highest BCUT2D eigenvalue weighted by molar-refractivity contribution is 5.82. The smallest absolute Gasteiger partial charge is 0.239 e. The normalized spacial score (nSPS) is 19.4. The summed E-state index contributed by atoms with van der Waals surface area (Å²) in [7, 11) is 0. The van der Waals surface area contributed by atoms with Gasteiger partial charge in [-0.2, -0.15) is 0 Å². The number of hydrogen-bond donors (Lipinski definition) is 1. The molecule has 2 aliphatic heterocycles. The van der Waals surface area contributed by atoms with Crippen LogP contribution < -0.4 is 5.32 Å². The number of hydrogen-bond acceptors (Lipinski definition) is 4. The Morgan fingerprint density at radius 2 is 1.87 bits per heavy atom. The summed E-state index contributed by atoms with van der Waals surface area (Å²) in [5.74, 6) is 2.38. The molecule has 2 fully saturated rings. The van der Waals surface area contributed by atoms with Crippen molar-refractivity contribution in [2.24, 2.45) is 4.99 Å². The Hall–Kier alpha value is -2.09. The quantitative estimate of drug-likeness (QED) is 0.395. The number of carbonyl (C=O) groups excluding carboxylic acids is 1. The Balaban J connectivity index is 1.43. The lowest BCUT2D eigenvalue weighted by Crippen LogP contribution is -2.57. The van der Waals surface area contributed by atoms with Crippen LogP contribution in [0.3, 0.4) is 0 Å². The van der Waals surface area contributed by atoms with E-state index in [-0.39, 0.29) is 6.04 Å². The molecule has 30 heavy (non-hydrogen) atoms. The van der Waals surface area contributed by atoms with Crippen LogP contribution in [0.15, 0.2) is 17.4 Å². The van der Waals surface area contributed by atoms with Crippen molar-refractivity contribution in [2.45, 2.75) is 59.0 Å². The molecule has 0 saturated carbocycles. The summed E-state index contributed by atoms with van der Waals surface area (Å²) in [6.45, 7) is 14.4. The summed E-state index contributed by atoms with van der Waals surface area (Å²) in [5.41, 5.74) is 0. The lowest BCUT2D eigenvalue weighted by molar-refractivity contribution is -0.135. The number of aryl methyl sites for hydroxylation is 2. The first-order valence-corrected chi connectivity index (χ1v) is 11.6. The van der Waals surface area contributed by atoms with E-state index >= 15 is 0 Å². The summed E-state index contributed by atoms with van der Waals surface area (Å²) in [6, 6.07) is -0.0172. The molecule has 168 valence electrons. The number of imidazole rings is 1. The molecule has 3 rings (SSSR count). The molecule has 8 heteroatoms. The number of nitrogens with zero attached hydrogens (tertiary/aromatic N) is 6. The number of rotatable bonds is 8.